The Bertz CT molecular complexity index is 1460. The lowest BCUT2D eigenvalue weighted by Crippen LogP contribution is -2.62. The summed E-state index contributed by atoms with van der Waals surface area (Å²) in [6.07, 6.45) is -0.588. The van der Waals surface area contributed by atoms with Crippen LogP contribution in [-0.2, 0) is 4.79 Å². The van der Waals surface area contributed by atoms with E-state index in [1.54, 1.807) is 12.1 Å². The summed E-state index contributed by atoms with van der Waals surface area (Å²) < 4.78 is 44.5. The third-order valence-corrected chi connectivity index (χ3v) is 7.39. The van der Waals surface area contributed by atoms with Crippen LogP contribution in [0.3, 0.4) is 0 Å². The molecular weight excluding hydrogens is 484 g/mol. The SMILES string of the molecule is N#CC1(NC(=O)C2(NC(=O)c3cc4ccc(-c5ccc6c(c5)OCO6)cc4o3)CCC(F)(F)CC2)CC1. The molecule has 2 amide bonds. The standard InChI is InChI=1S/C27H23F2N3O5/c28-27(29)9-7-26(8-10-27,24(34)32-25(14-30)5-6-25)31-23(33)22-13-18-2-1-16(11-20(18)37-22)17-3-4-19-21(12-17)36-15-35-19/h1-4,11-13H,5-10,15H2,(H,31,33)(H,32,34). The average Bonchev–Trinajstić information content (AvgIpc) is 3.29. The van der Waals surface area contributed by atoms with Crippen LogP contribution in [0.15, 0.2) is 46.9 Å². The molecule has 1 aromatic heterocycles. The summed E-state index contributed by atoms with van der Waals surface area (Å²) in [4.78, 5) is 26.4. The van der Waals surface area contributed by atoms with Crippen molar-refractivity contribution < 1.29 is 32.3 Å². The minimum absolute atomic E-state index is 0.0382. The highest BCUT2D eigenvalue weighted by Gasteiger charge is 2.53. The van der Waals surface area contributed by atoms with E-state index in [2.05, 4.69) is 16.7 Å². The maximum Gasteiger partial charge on any atom is 0.287 e. The fourth-order valence-electron chi connectivity index (χ4n) is 4.86. The van der Waals surface area contributed by atoms with E-state index in [-0.39, 0.29) is 25.4 Å². The van der Waals surface area contributed by atoms with Crippen LogP contribution in [0, 0.1) is 11.3 Å². The lowest BCUT2D eigenvalue weighted by Gasteiger charge is -2.39. The van der Waals surface area contributed by atoms with Crippen LogP contribution in [-0.4, -0.2) is 35.6 Å². The molecule has 37 heavy (non-hydrogen) atoms. The molecule has 0 unspecified atom stereocenters. The van der Waals surface area contributed by atoms with E-state index in [1.807, 2.05) is 30.3 Å². The van der Waals surface area contributed by atoms with E-state index in [1.165, 1.54) is 0 Å². The van der Waals surface area contributed by atoms with E-state index in [4.69, 9.17) is 13.9 Å². The van der Waals surface area contributed by atoms with Crippen LogP contribution in [0.5, 0.6) is 11.5 Å². The van der Waals surface area contributed by atoms with Gasteiger partial charge in [-0.05, 0) is 61.1 Å². The number of rotatable bonds is 5. The molecule has 1 aliphatic heterocycles. The van der Waals surface area contributed by atoms with Crippen LogP contribution in [0.4, 0.5) is 8.78 Å². The molecule has 0 bridgehead atoms. The number of benzene rings is 2. The largest absolute Gasteiger partial charge is 0.454 e. The average molecular weight is 507 g/mol. The van der Waals surface area contributed by atoms with Gasteiger partial charge in [0.2, 0.25) is 18.6 Å². The Morgan fingerprint density at radius 3 is 2.30 bits per heavy atom. The number of nitrogens with zero attached hydrogens (tertiary/aromatic N) is 1. The highest BCUT2D eigenvalue weighted by molar-refractivity contribution is 6.01. The first kappa shape index (κ1) is 23.3. The van der Waals surface area contributed by atoms with E-state index in [9.17, 15) is 23.6 Å². The van der Waals surface area contributed by atoms with Crippen molar-refractivity contribution in [2.45, 2.75) is 55.5 Å². The van der Waals surface area contributed by atoms with Crippen LogP contribution < -0.4 is 20.1 Å². The first-order valence-corrected chi connectivity index (χ1v) is 12.1. The van der Waals surface area contributed by atoms with Gasteiger partial charge >= 0.3 is 0 Å². The number of halogens is 2. The molecule has 3 aliphatic rings. The number of carbonyl (C=O) groups is 2. The fraction of sp³-hybridized carbons (Fsp3) is 0.370. The lowest BCUT2D eigenvalue weighted by molar-refractivity contribution is -0.133. The van der Waals surface area contributed by atoms with E-state index >= 15 is 0 Å². The smallest absolute Gasteiger partial charge is 0.287 e. The Morgan fingerprint density at radius 1 is 0.865 bits per heavy atom. The predicted octanol–water partition coefficient (Wildman–Crippen LogP) is 4.68. The van der Waals surface area contributed by atoms with Gasteiger partial charge < -0.3 is 24.5 Å². The molecule has 190 valence electrons. The number of hydrogen-bond acceptors (Lipinski definition) is 6. The number of amides is 2. The molecule has 2 heterocycles. The fourth-order valence-corrected chi connectivity index (χ4v) is 4.86. The van der Waals surface area contributed by atoms with Crippen LogP contribution >= 0.6 is 0 Å². The van der Waals surface area contributed by atoms with Gasteiger partial charge in [0.05, 0.1) is 6.07 Å². The molecule has 0 spiro atoms. The summed E-state index contributed by atoms with van der Waals surface area (Å²) in [5.74, 6) is -2.93. The highest BCUT2D eigenvalue weighted by Crippen LogP contribution is 2.41. The van der Waals surface area contributed by atoms with E-state index in [0.29, 0.717) is 35.3 Å². The molecule has 10 heteroatoms. The normalized spacial score (nSPS) is 20.1. The molecule has 2 aliphatic carbocycles. The Hall–Kier alpha value is -4.13. The van der Waals surface area contributed by atoms with Crippen LogP contribution in [0.2, 0.25) is 0 Å². The summed E-state index contributed by atoms with van der Waals surface area (Å²) in [7, 11) is 0. The zero-order valence-corrected chi connectivity index (χ0v) is 19.7. The molecular formula is C27H23F2N3O5. The Morgan fingerprint density at radius 2 is 1.57 bits per heavy atom. The van der Waals surface area contributed by atoms with Gasteiger partial charge in [-0.15, -0.1) is 0 Å². The molecule has 2 fully saturated rings. The van der Waals surface area contributed by atoms with Crippen molar-refractivity contribution in [3.05, 3.63) is 48.2 Å². The van der Waals surface area contributed by atoms with Crippen molar-refractivity contribution in [3.8, 4) is 28.7 Å². The topological polar surface area (TPSA) is 114 Å². The molecule has 0 saturated heterocycles. The zero-order valence-electron chi connectivity index (χ0n) is 19.7. The molecule has 2 aromatic carbocycles. The van der Waals surface area contributed by atoms with Crippen molar-refractivity contribution in [2.24, 2.45) is 0 Å². The number of hydrogen-bond donors (Lipinski definition) is 2. The minimum atomic E-state index is -2.91. The van der Waals surface area contributed by atoms with Gasteiger partial charge in [-0.3, -0.25) is 9.59 Å². The van der Waals surface area contributed by atoms with Crippen molar-refractivity contribution in [3.63, 3.8) is 0 Å². The Kier molecular flexibility index (Phi) is 5.16. The van der Waals surface area contributed by atoms with Crippen molar-refractivity contribution in [1.29, 1.82) is 5.26 Å². The number of furan rings is 1. The molecule has 3 aromatic rings. The van der Waals surface area contributed by atoms with Gasteiger partial charge in [-0.25, -0.2) is 8.78 Å². The van der Waals surface area contributed by atoms with Crippen LogP contribution in [0.1, 0.15) is 49.1 Å². The first-order chi connectivity index (χ1) is 17.7. The quantitative estimate of drug-likeness (QED) is 0.519. The highest BCUT2D eigenvalue weighted by atomic mass is 19.3. The lowest BCUT2D eigenvalue weighted by atomic mass is 9.78. The second kappa shape index (κ2) is 8.20. The Labute approximate surface area is 210 Å². The maximum atomic E-state index is 13.9. The number of ether oxygens (including phenoxy) is 2. The van der Waals surface area contributed by atoms with Crippen molar-refractivity contribution >= 4 is 22.8 Å². The number of alkyl halides is 2. The molecule has 2 saturated carbocycles. The maximum absolute atomic E-state index is 13.9. The second-order valence-corrected chi connectivity index (χ2v) is 9.97. The summed E-state index contributed by atoms with van der Waals surface area (Å²) in [5.41, 5.74) is -0.376. The van der Waals surface area contributed by atoms with Gasteiger partial charge in [0.15, 0.2) is 17.3 Å². The summed E-state index contributed by atoms with van der Waals surface area (Å²) >= 11 is 0. The number of nitriles is 1. The van der Waals surface area contributed by atoms with Gasteiger partial charge in [0.1, 0.15) is 16.7 Å². The van der Waals surface area contributed by atoms with Crippen molar-refractivity contribution in [1.82, 2.24) is 10.6 Å². The van der Waals surface area contributed by atoms with E-state index in [0.717, 1.165) is 11.1 Å². The summed E-state index contributed by atoms with van der Waals surface area (Å²) in [6.45, 7) is 0.170. The van der Waals surface area contributed by atoms with Crippen LogP contribution in [0.25, 0.3) is 22.1 Å². The molecule has 6 rings (SSSR count). The molecule has 8 nitrogen and oxygen atoms in total. The third-order valence-electron chi connectivity index (χ3n) is 7.39. The van der Waals surface area contributed by atoms with E-state index < -0.39 is 41.7 Å². The zero-order chi connectivity index (χ0) is 25.8. The molecule has 0 atom stereocenters. The van der Waals surface area contributed by atoms with Gasteiger partial charge in [0.25, 0.3) is 5.91 Å². The van der Waals surface area contributed by atoms with Gasteiger partial charge in [0, 0.05) is 18.2 Å². The van der Waals surface area contributed by atoms with Gasteiger partial charge in [-0.2, -0.15) is 5.26 Å². The van der Waals surface area contributed by atoms with Crippen molar-refractivity contribution in [2.75, 3.05) is 6.79 Å². The number of fused-ring (bicyclic) bond motifs is 2. The summed E-state index contributed by atoms with van der Waals surface area (Å²) in [5, 5.41) is 15.4. The third kappa shape index (κ3) is 4.24. The molecule has 2 N–H and O–H groups in total. The second-order valence-electron chi connectivity index (χ2n) is 9.97. The van der Waals surface area contributed by atoms with Gasteiger partial charge in [-0.1, -0.05) is 18.2 Å². The molecule has 0 radical (unpaired) electrons. The minimum Gasteiger partial charge on any atom is -0.454 e. The predicted molar refractivity (Wildman–Crippen MR) is 127 cm³/mol. The monoisotopic (exact) mass is 507 g/mol. The number of nitrogens with one attached hydrogen (secondary N) is 2. The Balaban J connectivity index is 1.25. The number of carbonyl (C=O) groups excluding carboxylic acids is 2. The first-order valence-electron chi connectivity index (χ1n) is 12.1. The summed E-state index contributed by atoms with van der Waals surface area (Å²) in [6, 6.07) is 14.7.